The van der Waals surface area contributed by atoms with E-state index in [-0.39, 0.29) is 5.41 Å². The third kappa shape index (κ3) is 5.61. The summed E-state index contributed by atoms with van der Waals surface area (Å²) in [4.78, 5) is 0. The van der Waals surface area contributed by atoms with Crippen LogP contribution in [-0.4, -0.2) is 6.61 Å². The zero-order chi connectivity index (χ0) is 21.4. The van der Waals surface area contributed by atoms with Crippen molar-refractivity contribution in [1.82, 2.24) is 0 Å². The van der Waals surface area contributed by atoms with Gasteiger partial charge >= 0.3 is 0 Å². The Morgan fingerprint density at radius 3 is 2.23 bits per heavy atom. The molecular formula is C28H32O2. The molecule has 0 heterocycles. The van der Waals surface area contributed by atoms with Gasteiger partial charge < -0.3 is 9.47 Å². The van der Waals surface area contributed by atoms with Gasteiger partial charge in [0.15, 0.2) is 0 Å². The van der Waals surface area contributed by atoms with Crippen molar-refractivity contribution in [3.63, 3.8) is 0 Å². The van der Waals surface area contributed by atoms with Crippen molar-refractivity contribution >= 4 is 5.57 Å². The van der Waals surface area contributed by atoms with Crippen LogP contribution in [0.5, 0.6) is 11.5 Å². The van der Waals surface area contributed by atoms with E-state index in [1.165, 1.54) is 16.7 Å². The lowest BCUT2D eigenvalue weighted by Crippen LogP contribution is -2.27. The molecule has 1 atom stereocenters. The molecule has 3 aromatic carbocycles. The van der Waals surface area contributed by atoms with Crippen molar-refractivity contribution < 1.29 is 9.47 Å². The smallest absolute Gasteiger partial charge is 0.127 e. The summed E-state index contributed by atoms with van der Waals surface area (Å²) < 4.78 is 12.1. The van der Waals surface area contributed by atoms with Gasteiger partial charge in [0.25, 0.3) is 0 Å². The summed E-state index contributed by atoms with van der Waals surface area (Å²) in [6.07, 6.45) is 1.98. The van der Waals surface area contributed by atoms with Crippen LogP contribution in [0, 0.1) is 0 Å². The monoisotopic (exact) mass is 400 g/mol. The zero-order valence-corrected chi connectivity index (χ0v) is 18.4. The van der Waals surface area contributed by atoms with Gasteiger partial charge in [-0.05, 0) is 59.4 Å². The normalized spacial score (nSPS) is 12.9. The Kier molecular flexibility index (Phi) is 7.48. The first-order valence-electron chi connectivity index (χ1n) is 10.7. The quantitative estimate of drug-likeness (QED) is 0.346. The fraction of sp³-hybridized carbons (Fsp3) is 0.286. The maximum Gasteiger partial charge on any atom is 0.127 e. The van der Waals surface area contributed by atoms with E-state index >= 15 is 0 Å². The highest BCUT2D eigenvalue weighted by atomic mass is 16.5. The Morgan fingerprint density at radius 2 is 1.57 bits per heavy atom. The molecule has 30 heavy (non-hydrogen) atoms. The second-order valence-electron chi connectivity index (χ2n) is 8.00. The molecule has 156 valence electrons. The van der Waals surface area contributed by atoms with Crippen LogP contribution in [0.15, 0.2) is 85.4 Å². The predicted molar refractivity (Wildman–Crippen MR) is 126 cm³/mol. The molecule has 3 rings (SSSR count). The summed E-state index contributed by atoms with van der Waals surface area (Å²) in [7, 11) is 0. The minimum Gasteiger partial charge on any atom is -0.457 e. The van der Waals surface area contributed by atoms with Crippen molar-refractivity contribution in [3.05, 3.63) is 102 Å². The zero-order valence-electron chi connectivity index (χ0n) is 18.4. The average molecular weight is 401 g/mol. The van der Waals surface area contributed by atoms with Gasteiger partial charge in [0.2, 0.25) is 0 Å². The van der Waals surface area contributed by atoms with E-state index in [4.69, 9.17) is 9.47 Å². The number of ether oxygens (including phenoxy) is 2. The Morgan fingerprint density at radius 1 is 0.867 bits per heavy atom. The van der Waals surface area contributed by atoms with Gasteiger partial charge in [0.1, 0.15) is 11.5 Å². The molecule has 0 spiro atoms. The minimum absolute atomic E-state index is 0.0236. The fourth-order valence-corrected chi connectivity index (χ4v) is 3.42. The number of benzene rings is 3. The number of para-hydroxylation sites is 1. The molecule has 3 aromatic rings. The standard InChI is InChI=1S/C28H32O2/c1-5-22(3)24-15-17-25(18-16-24)28(4,6-2)21-29-20-23-11-10-14-27(19-23)30-26-12-8-7-9-13-26/h7-19H,3,5-6,20-21H2,1-2,4H3. The van der Waals surface area contributed by atoms with Crippen LogP contribution in [0.1, 0.15) is 50.3 Å². The SMILES string of the molecule is C=C(CC)c1ccc(C(C)(CC)COCc2cccc(Oc3ccccc3)c2)cc1. The Labute approximate surface area is 181 Å². The van der Waals surface area contributed by atoms with Gasteiger partial charge in [0, 0.05) is 5.41 Å². The lowest BCUT2D eigenvalue weighted by molar-refractivity contribution is 0.0747. The summed E-state index contributed by atoms with van der Waals surface area (Å²) >= 11 is 0. The van der Waals surface area contributed by atoms with Crippen LogP contribution >= 0.6 is 0 Å². The fourth-order valence-electron chi connectivity index (χ4n) is 3.42. The molecule has 0 radical (unpaired) electrons. The molecule has 0 aromatic heterocycles. The minimum atomic E-state index is -0.0236. The van der Waals surface area contributed by atoms with E-state index < -0.39 is 0 Å². The summed E-state index contributed by atoms with van der Waals surface area (Å²) in [5, 5.41) is 0. The van der Waals surface area contributed by atoms with Crippen molar-refractivity contribution in [1.29, 1.82) is 0 Å². The van der Waals surface area contributed by atoms with Crippen LogP contribution in [-0.2, 0) is 16.8 Å². The maximum absolute atomic E-state index is 6.16. The highest BCUT2D eigenvalue weighted by Crippen LogP contribution is 2.30. The lowest BCUT2D eigenvalue weighted by atomic mass is 9.80. The van der Waals surface area contributed by atoms with Crippen LogP contribution < -0.4 is 4.74 Å². The molecule has 0 saturated carbocycles. The van der Waals surface area contributed by atoms with E-state index in [1.54, 1.807) is 0 Å². The van der Waals surface area contributed by atoms with Gasteiger partial charge in [-0.2, -0.15) is 0 Å². The third-order valence-corrected chi connectivity index (χ3v) is 5.76. The molecule has 2 nitrogen and oxygen atoms in total. The van der Waals surface area contributed by atoms with Gasteiger partial charge in [-0.15, -0.1) is 0 Å². The van der Waals surface area contributed by atoms with Crippen LogP contribution in [0.25, 0.3) is 5.57 Å². The van der Waals surface area contributed by atoms with Gasteiger partial charge in [-0.25, -0.2) is 0 Å². The molecule has 0 saturated heterocycles. The first-order valence-corrected chi connectivity index (χ1v) is 10.7. The molecule has 2 heteroatoms. The Balaban J connectivity index is 1.61. The Bertz CT molecular complexity index is 944. The maximum atomic E-state index is 6.16. The molecule has 0 amide bonds. The summed E-state index contributed by atoms with van der Waals surface area (Å²) in [6, 6.07) is 26.7. The van der Waals surface area contributed by atoms with Crippen molar-refractivity contribution in [3.8, 4) is 11.5 Å². The number of hydrogen-bond acceptors (Lipinski definition) is 2. The predicted octanol–water partition coefficient (Wildman–Crippen LogP) is 7.79. The van der Waals surface area contributed by atoms with E-state index in [1.807, 2.05) is 48.5 Å². The second-order valence-corrected chi connectivity index (χ2v) is 8.00. The van der Waals surface area contributed by atoms with E-state index in [0.717, 1.165) is 29.9 Å². The molecule has 0 aliphatic heterocycles. The summed E-state index contributed by atoms with van der Waals surface area (Å²) in [5.74, 6) is 1.66. The van der Waals surface area contributed by atoms with E-state index in [0.29, 0.717) is 13.2 Å². The van der Waals surface area contributed by atoms with E-state index in [2.05, 4.69) is 57.7 Å². The molecule has 1 unspecified atom stereocenters. The molecular weight excluding hydrogens is 368 g/mol. The first-order chi connectivity index (χ1) is 14.5. The lowest BCUT2D eigenvalue weighted by Gasteiger charge is -2.29. The van der Waals surface area contributed by atoms with Crippen LogP contribution in [0.4, 0.5) is 0 Å². The molecule has 0 bridgehead atoms. The average Bonchev–Trinajstić information content (AvgIpc) is 2.79. The molecule has 0 aliphatic carbocycles. The van der Waals surface area contributed by atoms with Crippen LogP contribution in [0.2, 0.25) is 0 Å². The second kappa shape index (κ2) is 10.3. The topological polar surface area (TPSA) is 18.5 Å². The number of hydrogen-bond donors (Lipinski definition) is 0. The third-order valence-electron chi connectivity index (χ3n) is 5.76. The van der Waals surface area contributed by atoms with Gasteiger partial charge in [-0.1, -0.05) is 81.9 Å². The molecule has 0 N–H and O–H groups in total. The highest BCUT2D eigenvalue weighted by molar-refractivity contribution is 5.63. The molecule has 0 aliphatic rings. The van der Waals surface area contributed by atoms with Gasteiger partial charge in [-0.3, -0.25) is 0 Å². The van der Waals surface area contributed by atoms with Crippen molar-refractivity contribution in [2.24, 2.45) is 0 Å². The largest absolute Gasteiger partial charge is 0.457 e. The summed E-state index contributed by atoms with van der Waals surface area (Å²) in [6.45, 7) is 12.0. The number of rotatable bonds is 10. The highest BCUT2D eigenvalue weighted by Gasteiger charge is 2.25. The first kappa shape index (κ1) is 21.9. The van der Waals surface area contributed by atoms with Crippen molar-refractivity contribution in [2.45, 2.75) is 45.6 Å². The van der Waals surface area contributed by atoms with Gasteiger partial charge in [0.05, 0.1) is 13.2 Å². The van der Waals surface area contributed by atoms with Crippen molar-refractivity contribution in [2.75, 3.05) is 6.61 Å². The summed E-state index contributed by atoms with van der Waals surface area (Å²) in [5.41, 5.74) is 4.78. The van der Waals surface area contributed by atoms with Crippen LogP contribution in [0.3, 0.4) is 0 Å². The number of allylic oxidation sites excluding steroid dienone is 1. The molecule has 0 fully saturated rings. The van der Waals surface area contributed by atoms with E-state index in [9.17, 15) is 0 Å². The Hall–Kier alpha value is -2.84.